The molecule has 0 spiro atoms. The van der Waals surface area contributed by atoms with Gasteiger partial charge in [-0.2, -0.15) is 5.10 Å². The molecule has 1 atom stereocenters. The molecule has 138 valence electrons. The largest absolute Gasteiger partial charge is 0.480 e. The van der Waals surface area contributed by atoms with Crippen LogP contribution in [0.15, 0.2) is 18.2 Å². The first kappa shape index (κ1) is 18.0. The molecule has 26 heavy (non-hydrogen) atoms. The Bertz CT molecular complexity index is 894. The van der Waals surface area contributed by atoms with Gasteiger partial charge in [-0.25, -0.2) is 18.3 Å². The summed E-state index contributed by atoms with van der Waals surface area (Å²) in [5.74, 6) is -3.83. The van der Waals surface area contributed by atoms with Crippen molar-refractivity contribution in [3.05, 3.63) is 46.8 Å². The minimum Gasteiger partial charge on any atom is -0.480 e. The highest BCUT2D eigenvalue weighted by atomic mass is 19.2. The molecule has 0 radical (unpaired) electrons. The van der Waals surface area contributed by atoms with Crippen molar-refractivity contribution in [1.82, 2.24) is 15.1 Å². The van der Waals surface area contributed by atoms with Crippen molar-refractivity contribution < 1.29 is 23.5 Å². The molecular weight excluding hydrogens is 344 g/mol. The molecule has 1 aromatic carbocycles. The molecular formula is C18H19F2N3O3. The van der Waals surface area contributed by atoms with Gasteiger partial charge in [-0.15, -0.1) is 0 Å². The summed E-state index contributed by atoms with van der Waals surface area (Å²) >= 11 is 0. The Labute approximate surface area is 148 Å². The number of nitrogens with zero attached hydrogens (tertiary/aromatic N) is 2. The number of amides is 1. The molecule has 1 aliphatic rings. The van der Waals surface area contributed by atoms with Crippen LogP contribution in [0.1, 0.15) is 48.4 Å². The van der Waals surface area contributed by atoms with Gasteiger partial charge in [-0.1, -0.05) is 13.0 Å². The van der Waals surface area contributed by atoms with E-state index in [2.05, 4.69) is 10.4 Å². The first-order valence-corrected chi connectivity index (χ1v) is 8.39. The van der Waals surface area contributed by atoms with Gasteiger partial charge in [0.25, 0.3) is 5.91 Å². The third-order valence-electron chi connectivity index (χ3n) is 4.87. The number of benzene rings is 1. The molecule has 1 aromatic heterocycles. The lowest BCUT2D eigenvalue weighted by molar-refractivity contribution is -0.143. The summed E-state index contributed by atoms with van der Waals surface area (Å²) in [5, 5.41) is 16.0. The van der Waals surface area contributed by atoms with Crippen LogP contribution in [-0.2, 0) is 17.6 Å². The number of aliphatic carboxylic acids is 1. The van der Waals surface area contributed by atoms with Crippen molar-refractivity contribution in [3.63, 3.8) is 0 Å². The number of carbonyl (C=O) groups is 2. The second-order valence-corrected chi connectivity index (χ2v) is 6.56. The Morgan fingerprint density at radius 1 is 1.35 bits per heavy atom. The van der Waals surface area contributed by atoms with Crippen LogP contribution in [0.5, 0.6) is 0 Å². The molecule has 1 amide bonds. The monoisotopic (exact) mass is 363 g/mol. The number of carboxylic acid groups (broad SMARTS) is 1. The fraction of sp³-hybridized carbons (Fsp3) is 0.389. The van der Waals surface area contributed by atoms with Gasteiger partial charge in [-0.05, 0) is 44.7 Å². The van der Waals surface area contributed by atoms with Crippen LogP contribution in [-0.4, -0.2) is 32.3 Å². The zero-order valence-corrected chi connectivity index (χ0v) is 14.5. The van der Waals surface area contributed by atoms with E-state index in [1.165, 1.54) is 23.7 Å². The van der Waals surface area contributed by atoms with E-state index in [0.717, 1.165) is 12.5 Å². The molecule has 3 rings (SSSR count). The topological polar surface area (TPSA) is 84.2 Å². The van der Waals surface area contributed by atoms with E-state index in [0.29, 0.717) is 24.1 Å². The number of carboxylic acids is 1. The molecule has 1 aliphatic carbocycles. The molecule has 0 aliphatic heterocycles. The number of fused-ring (bicyclic) bond motifs is 1. The molecule has 1 unspecified atom stereocenters. The SMILES string of the molecule is CCC(C)(NC(=O)c1nn(-c2cccc(F)c2F)c2c1CCC2)C(=O)O. The lowest BCUT2D eigenvalue weighted by atomic mass is 9.99. The Morgan fingerprint density at radius 3 is 2.73 bits per heavy atom. The fourth-order valence-corrected chi connectivity index (χ4v) is 3.08. The van der Waals surface area contributed by atoms with E-state index in [1.54, 1.807) is 6.92 Å². The predicted molar refractivity (Wildman–Crippen MR) is 89.3 cm³/mol. The summed E-state index contributed by atoms with van der Waals surface area (Å²) in [7, 11) is 0. The zero-order valence-electron chi connectivity index (χ0n) is 14.5. The summed E-state index contributed by atoms with van der Waals surface area (Å²) in [5.41, 5.74) is -0.153. The van der Waals surface area contributed by atoms with Crippen molar-refractivity contribution in [1.29, 1.82) is 0 Å². The second kappa shape index (κ2) is 6.51. The van der Waals surface area contributed by atoms with Crippen LogP contribution in [0.25, 0.3) is 5.69 Å². The van der Waals surface area contributed by atoms with E-state index >= 15 is 0 Å². The lowest BCUT2D eigenvalue weighted by Gasteiger charge is -2.24. The summed E-state index contributed by atoms with van der Waals surface area (Å²) in [4.78, 5) is 24.1. The third kappa shape index (κ3) is 2.85. The first-order valence-electron chi connectivity index (χ1n) is 8.39. The highest BCUT2D eigenvalue weighted by Crippen LogP contribution is 2.29. The van der Waals surface area contributed by atoms with Gasteiger partial charge in [0.05, 0.1) is 0 Å². The van der Waals surface area contributed by atoms with E-state index in [9.17, 15) is 23.5 Å². The van der Waals surface area contributed by atoms with E-state index in [-0.39, 0.29) is 17.8 Å². The minimum atomic E-state index is -1.43. The number of halogens is 2. The Balaban J connectivity index is 2.04. The minimum absolute atomic E-state index is 0.0575. The number of carbonyl (C=O) groups excluding carboxylic acids is 1. The van der Waals surface area contributed by atoms with E-state index < -0.39 is 29.0 Å². The maximum atomic E-state index is 14.2. The molecule has 0 saturated heterocycles. The van der Waals surface area contributed by atoms with Crippen molar-refractivity contribution >= 4 is 11.9 Å². The van der Waals surface area contributed by atoms with Crippen molar-refractivity contribution in [2.45, 2.75) is 45.1 Å². The highest BCUT2D eigenvalue weighted by molar-refractivity contribution is 5.97. The number of aromatic nitrogens is 2. The number of hydrogen-bond donors (Lipinski definition) is 2. The van der Waals surface area contributed by atoms with Crippen LogP contribution in [0.2, 0.25) is 0 Å². The normalized spacial score (nSPS) is 15.4. The van der Waals surface area contributed by atoms with Crippen LogP contribution in [0.3, 0.4) is 0 Å². The Morgan fingerprint density at radius 2 is 2.08 bits per heavy atom. The van der Waals surface area contributed by atoms with E-state index in [4.69, 9.17) is 0 Å². The second-order valence-electron chi connectivity index (χ2n) is 6.56. The maximum Gasteiger partial charge on any atom is 0.329 e. The number of rotatable bonds is 5. The average Bonchev–Trinajstić information content (AvgIpc) is 3.19. The maximum absolute atomic E-state index is 14.2. The molecule has 2 aromatic rings. The predicted octanol–water partition coefficient (Wildman–Crippen LogP) is 2.62. The lowest BCUT2D eigenvalue weighted by Crippen LogP contribution is -2.52. The molecule has 0 saturated carbocycles. The van der Waals surface area contributed by atoms with Crippen molar-refractivity contribution in [2.24, 2.45) is 0 Å². The molecule has 2 N–H and O–H groups in total. The Hall–Kier alpha value is -2.77. The third-order valence-corrected chi connectivity index (χ3v) is 4.87. The molecule has 8 heteroatoms. The summed E-state index contributed by atoms with van der Waals surface area (Å²) in [6.45, 7) is 3.07. The fourth-order valence-electron chi connectivity index (χ4n) is 3.08. The van der Waals surface area contributed by atoms with Gasteiger partial charge in [0.1, 0.15) is 11.2 Å². The van der Waals surface area contributed by atoms with Gasteiger partial charge >= 0.3 is 5.97 Å². The molecule has 0 fully saturated rings. The summed E-state index contributed by atoms with van der Waals surface area (Å²) in [6, 6.07) is 3.77. The quantitative estimate of drug-likeness (QED) is 0.855. The number of hydrogen-bond acceptors (Lipinski definition) is 3. The van der Waals surface area contributed by atoms with Crippen LogP contribution < -0.4 is 5.32 Å². The molecule has 1 heterocycles. The van der Waals surface area contributed by atoms with Crippen molar-refractivity contribution in [3.8, 4) is 5.69 Å². The van der Waals surface area contributed by atoms with Gasteiger partial charge in [0.15, 0.2) is 17.3 Å². The van der Waals surface area contributed by atoms with Crippen LogP contribution >= 0.6 is 0 Å². The summed E-state index contributed by atoms with van der Waals surface area (Å²) < 4.78 is 29.0. The van der Waals surface area contributed by atoms with Gasteiger partial charge < -0.3 is 10.4 Å². The standard InChI is InChI=1S/C18H19F2N3O3/c1-3-18(2,17(25)26)21-16(24)15-10-6-4-8-12(10)23(22-15)13-9-5-7-11(19)14(13)20/h5,7,9H,3-4,6,8H2,1-2H3,(H,21,24)(H,25,26). The van der Waals surface area contributed by atoms with Gasteiger partial charge in [-0.3, -0.25) is 4.79 Å². The van der Waals surface area contributed by atoms with Crippen molar-refractivity contribution in [2.75, 3.05) is 0 Å². The first-order chi connectivity index (χ1) is 12.3. The van der Waals surface area contributed by atoms with Gasteiger partial charge in [0, 0.05) is 11.3 Å². The highest BCUT2D eigenvalue weighted by Gasteiger charge is 2.36. The van der Waals surface area contributed by atoms with Crippen LogP contribution in [0.4, 0.5) is 8.78 Å². The van der Waals surface area contributed by atoms with Crippen LogP contribution in [0, 0.1) is 11.6 Å². The van der Waals surface area contributed by atoms with Gasteiger partial charge in [0.2, 0.25) is 0 Å². The van der Waals surface area contributed by atoms with E-state index in [1.807, 2.05) is 0 Å². The molecule has 0 bridgehead atoms. The Kier molecular flexibility index (Phi) is 4.52. The smallest absolute Gasteiger partial charge is 0.329 e. The molecule has 6 nitrogen and oxygen atoms in total. The average molecular weight is 363 g/mol. The summed E-state index contributed by atoms with van der Waals surface area (Å²) in [6.07, 6.45) is 2.10. The number of nitrogens with one attached hydrogen (secondary N) is 1. The zero-order chi connectivity index (χ0) is 19.1.